The average Bonchev–Trinajstić information content (AvgIpc) is 2.41. The molecule has 0 heteroatoms. The Labute approximate surface area is 128 Å². The van der Waals surface area contributed by atoms with Gasteiger partial charge in [0.15, 0.2) is 0 Å². The zero-order valence-electron chi connectivity index (χ0n) is 14.4. The average molecular weight is 279 g/mol. The minimum atomic E-state index is 0.866. The lowest BCUT2D eigenvalue weighted by Crippen LogP contribution is -1.87. The smallest absolute Gasteiger partial charge is 0.0323 e. The van der Waals surface area contributed by atoms with Crippen LogP contribution in [0.2, 0.25) is 0 Å². The highest BCUT2D eigenvalue weighted by atomic mass is 14.0. The molecule has 0 atom stereocenters. The third kappa shape index (κ3) is 15.5. The quantitative estimate of drug-likeness (QED) is 0.228. The molecular formula is C20H38. The van der Waals surface area contributed by atoms with Gasteiger partial charge in [-0.2, -0.15) is 0 Å². The van der Waals surface area contributed by atoms with E-state index in [-0.39, 0.29) is 0 Å². The van der Waals surface area contributed by atoms with Gasteiger partial charge in [-0.3, -0.25) is 0 Å². The van der Waals surface area contributed by atoms with Crippen LogP contribution in [0.5, 0.6) is 0 Å². The Morgan fingerprint density at radius 2 is 1.45 bits per heavy atom. The minimum absolute atomic E-state index is 0.866. The lowest BCUT2D eigenvalue weighted by atomic mass is 10.0. The van der Waals surface area contributed by atoms with Crippen molar-refractivity contribution in [3.05, 3.63) is 24.3 Å². The molecule has 0 nitrogen and oxygen atoms in total. The molecule has 0 saturated heterocycles. The van der Waals surface area contributed by atoms with Gasteiger partial charge in [0, 0.05) is 0 Å². The molecule has 0 bridgehead atoms. The lowest BCUT2D eigenvalue weighted by Gasteiger charge is -2.05. The molecule has 0 spiro atoms. The van der Waals surface area contributed by atoms with Crippen molar-refractivity contribution in [3.8, 4) is 0 Å². The molecule has 0 aromatic carbocycles. The maximum absolute atomic E-state index is 3.76. The van der Waals surface area contributed by atoms with E-state index in [1.54, 1.807) is 5.57 Å². The van der Waals surface area contributed by atoms with Crippen molar-refractivity contribution >= 4 is 0 Å². The summed E-state index contributed by atoms with van der Waals surface area (Å²) in [5, 5.41) is 0. The molecular weight excluding hydrogens is 240 g/mol. The number of rotatable bonds is 14. The van der Waals surface area contributed by atoms with Crippen LogP contribution in [-0.4, -0.2) is 0 Å². The van der Waals surface area contributed by atoms with Crippen LogP contribution in [0, 0.1) is 5.92 Å². The lowest BCUT2D eigenvalue weighted by molar-refractivity contribution is 0.537. The molecule has 0 fully saturated rings. The monoisotopic (exact) mass is 278 g/mol. The number of unbranched alkanes of at least 4 members (excludes halogenated alkanes) is 8. The first-order valence-corrected chi connectivity index (χ1v) is 8.93. The van der Waals surface area contributed by atoms with Crippen LogP contribution in [0.4, 0.5) is 0 Å². The second kappa shape index (κ2) is 14.9. The highest BCUT2D eigenvalue weighted by molar-refractivity contribution is 4.97. The standard InChI is InChI=1S/C20H38/c1-5-6-7-8-9-10-11-12-13-17-20(4)18-15-14-16-19(2)3/h5,17,19H,1,6-16,18H2,2-4H3. The second-order valence-corrected chi connectivity index (χ2v) is 6.68. The van der Waals surface area contributed by atoms with Gasteiger partial charge in [0.25, 0.3) is 0 Å². The van der Waals surface area contributed by atoms with Crippen LogP contribution in [0.15, 0.2) is 24.3 Å². The highest BCUT2D eigenvalue weighted by Crippen LogP contribution is 2.14. The summed E-state index contributed by atoms with van der Waals surface area (Å²) in [6.45, 7) is 10.7. The molecule has 0 heterocycles. The van der Waals surface area contributed by atoms with Gasteiger partial charge in [0.05, 0.1) is 0 Å². The van der Waals surface area contributed by atoms with Crippen LogP contribution >= 0.6 is 0 Å². The summed E-state index contributed by atoms with van der Waals surface area (Å²) in [6.07, 6.45) is 20.8. The van der Waals surface area contributed by atoms with Crippen LogP contribution < -0.4 is 0 Å². The van der Waals surface area contributed by atoms with Crippen molar-refractivity contribution in [2.75, 3.05) is 0 Å². The molecule has 0 aromatic heterocycles. The second-order valence-electron chi connectivity index (χ2n) is 6.68. The summed E-state index contributed by atoms with van der Waals surface area (Å²) in [4.78, 5) is 0. The van der Waals surface area contributed by atoms with E-state index < -0.39 is 0 Å². The van der Waals surface area contributed by atoms with Crippen molar-refractivity contribution in [1.29, 1.82) is 0 Å². The fourth-order valence-electron chi connectivity index (χ4n) is 2.55. The first kappa shape index (κ1) is 19.5. The van der Waals surface area contributed by atoms with E-state index in [0.717, 1.165) is 5.92 Å². The Bertz CT molecular complexity index is 234. The van der Waals surface area contributed by atoms with Gasteiger partial charge in [0.2, 0.25) is 0 Å². The van der Waals surface area contributed by atoms with Gasteiger partial charge >= 0.3 is 0 Å². The van der Waals surface area contributed by atoms with Crippen molar-refractivity contribution in [3.63, 3.8) is 0 Å². The summed E-state index contributed by atoms with van der Waals surface area (Å²) in [6, 6.07) is 0. The molecule has 20 heavy (non-hydrogen) atoms. The largest absolute Gasteiger partial charge is 0.103 e. The third-order valence-corrected chi connectivity index (χ3v) is 3.96. The van der Waals surface area contributed by atoms with E-state index >= 15 is 0 Å². The Kier molecular flexibility index (Phi) is 14.5. The Hall–Kier alpha value is -0.520. The molecule has 0 N–H and O–H groups in total. The third-order valence-electron chi connectivity index (χ3n) is 3.96. The normalized spacial score (nSPS) is 12.1. The molecule has 0 aromatic rings. The predicted molar refractivity (Wildman–Crippen MR) is 94.2 cm³/mol. The summed E-state index contributed by atoms with van der Waals surface area (Å²) in [7, 11) is 0. The van der Waals surface area contributed by atoms with Gasteiger partial charge in [-0.05, 0) is 51.4 Å². The fraction of sp³-hybridized carbons (Fsp3) is 0.800. The van der Waals surface area contributed by atoms with Crippen LogP contribution in [0.3, 0.4) is 0 Å². The number of hydrogen-bond acceptors (Lipinski definition) is 0. The molecule has 0 aliphatic carbocycles. The molecule has 0 unspecified atom stereocenters. The summed E-state index contributed by atoms with van der Waals surface area (Å²) < 4.78 is 0. The molecule has 0 rings (SSSR count). The summed E-state index contributed by atoms with van der Waals surface area (Å²) in [5.74, 6) is 0.866. The zero-order valence-corrected chi connectivity index (χ0v) is 14.4. The van der Waals surface area contributed by atoms with E-state index in [9.17, 15) is 0 Å². The van der Waals surface area contributed by atoms with Gasteiger partial charge in [0.1, 0.15) is 0 Å². The number of hydrogen-bond donors (Lipinski definition) is 0. The fourth-order valence-corrected chi connectivity index (χ4v) is 2.55. The summed E-state index contributed by atoms with van der Waals surface area (Å²) in [5.41, 5.74) is 1.61. The predicted octanol–water partition coefficient (Wildman–Crippen LogP) is 7.46. The van der Waals surface area contributed by atoms with Gasteiger partial charge in [-0.15, -0.1) is 6.58 Å². The van der Waals surface area contributed by atoms with E-state index in [0.29, 0.717) is 0 Å². The van der Waals surface area contributed by atoms with Crippen molar-refractivity contribution in [2.24, 2.45) is 5.92 Å². The van der Waals surface area contributed by atoms with Crippen LogP contribution in [0.1, 0.15) is 97.8 Å². The Balaban J connectivity index is 3.29. The Morgan fingerprint density at radius 1 is 0.850 bits per heavy atom. The molecule has 118 valence electrons. The molecule has 0 aliphatic heterocycles. The van der Waals surface area contributed by atoms with E-state index in [2.05, 4.69) is 33.4 Å². The van der Waals surface area contributed by atoms with Gasteiger partial charge in [-0.25, -0.2) is 0 Å². The first-order chi connectivity index (χ1) is 9.66. The number of allylic oxidation sites excluding steroid dienone is 3. The van der Waals surface area contributed by atoms with E-state index in [1.165, 1.54) is 77.0 Å². The van der Waals surface area contributed by atoms with Crippen LogP contribution in [-0.2, 0) is 0 Å². The van der Waals surface area contributed by atoms with Crippen molar-refractivity contribution in [1.82, 2.24) is 0 Å². The van der Waals surface area contributed by atoms with Crippen molar-refractivity contribution < 1.29 is 0 Å². The topological polar surface area (TPSA) is 0 Å². The molecule has 0 aliphatic rings. The molecule has 0 saturated carbocycles. The van der Waals surface area contributed by atoms with E-state index in [1.807, 2.05) is 6.08 Å². The summed E-state index contributed by atoms with van der Waals surface area (Å²) >= 11 is 0. The minimum Gasteiger partial charge on any atom is -0.103 e. The highest BCUT2D eigenvalue weighted by Gasteiger charge is 1.95. The molecule has 0 amide bonds. The first-order valence-electron chi connectivity index (χ1n) is 8.93. The van der Waals surface area contributed by atoms with Gasteiger partial charge < -0.3 is 0 Å². The van der Waals surface area contributed by atoms with Crippen LogP contribution in [0.25, 0.3) is 0 Å². The SMILES string of the molecule is C=CCCCCCCCCC=C(C)CCCCC(C)C. The zero-order chi connectivity index (χ0) is 15.1. The maximum Gasteiger partial charge on any atom is -0.0323 e. The Morgan fingerprint density at radius 3 is 2.05 bits per heavy atom. The van der Waals surface area contributed by atoms with Crippen molar-refractivity contribution in [2.45, 2.75) is 97.8 Å². The van der Waals surface area contributed by atoms with Gasteiger partial charge in [-0.1, -0.05) is 70.1 Å². The maximum atomic E-state index is 3.76. The van der Waals surface area contributed by atoms with E-state index in [4.69, 9.17) is 0 Å². The molecule has 0 radical (unpaired) electrons.